The Morgan fingerprint density at radius 3 is 2.73 bits per heavy atom. The second-order valence-corrected chi connectivity index (χ2v) is 8.20. The number of imidazole rings is 1. The van der Waals surface area contributed by atoms with Gasteiger partial charge in [-0.25, -0.2) is 4.98 Å². The second-order valence-electron chi connectivity index (χ2n) is 8.20. The van der Waals surface area contributed by atoms with Gasteiger partial charge in [0.1, 0.15) is 17.1 Å². The number of aryl methyl sites for hydroxylation is 1. The van der Waals surface area contributed by atoms with E-state index in [1.165, 1.54) is 0 Å². The number of pyridine rings is 1. The maximum absolute atomic E-state index is 12.7. The molecular weight excluding hydrogens is 418 g/mol. The van der Waals surface area contributed by atoms with E-state index >= 15 is 0 Å². The Morgan fingerprint density at radius 2 is 1.91 bits per heavy atom. The first kappa shape index (κ1) is 21.4. The van der Waals surface area contributed by atoms with Crippen molar-refractivity contribution in [3.05, 3.63) is 66.2 Å². The lowest BCUT2D eigenvalue weighted by atomic mass is 10.0. The normalized spacial score (nSPS) is 14.6. The van der Waals surface area contributed by atoms with E-state index in [0.29, 0.717) is 17.9 Å². The number of nitrogens with one attached hydrogen (secondary N) is 1. The first-order valence-electron chi connectivity index (χ1n) is 11.3. The minimum atomic E-state index is -0.0831. The third kappa shape index (κ3) is 4.67. The molecule has 0 spiro atoms. The highest BCUT2D eigenvalue weighted by atomic mass is 16.5. The van der Waals surface area contributed by atoms with E-state index in [1.807, 2.05) is 66.2 Å². The van der Waals surface area contributed by atoms with Crippen molar-refractivity contribution in [3.63, 3.8) is 0 Å². The average molecular weight is 446 g/mol. The first-order chi connectivity index (χ1) is 16.2. The van der Waals surface area contributed by atoms with Crippen LogP contribution < -0.4 is 5.32 Å². The number of nitrogens with zero attached hydrogens (tertiary/aromatic N) is 4. The van der Waals surface area contributed by atoms with Crippen molar-refractivity contribution >= 4 is 11.6 Å². The Kier molecular flexibility index (Phi) is 6.19. The summed E-state index contributed by atoms with van der Waals surface area (Å²) in [6.45, 7) is 7.01. The second kappa shape index (κ2) is 9.56. The van der Waals surface area contributed by atoms with Crippen LogP contribution in [-0.4, -0.2) is 64.7 Å². The van der Waals surface area contributed by atoms with E-state index in [0.717, 1.165) is 67.4 Å². The van der Waals surface area contributed by atoms with Gasteiger partial charge in [0.15, 0.2) is 0 Å². The van der Waals surface area contributed by atoms with Crippen LogP contribution in [0.5, 0.6) is 0 Å². The van der Waals surface area contributed by atoms with E-state index in [4.69, 9.17) is 14.2 Å². The third-order valence-corrected chi connectivity index (χ3v) is 5.92. The fourth-order valence-electron chi connectivity index (χ4n) is 4.14. The monoisotopic (exact) mass is 445 g/mol. The topological polar surface area (TPSA) is 84.9 Å². The van der Waals surface area contributed by atoms with Gasteiger partial charge >= 0.3 is 0 Å². The minimum Gasteiger partial charge on any atom is -0.379 e. The van der Waals surface area contributed by atoms with Gasteiger partial charge in [0.25, 0.3) is 5.91 Å². The molecule has 3 aromatic heterocycles. The number of morpholine rings is 1. The standard InChI is InChI=1S/C25H27N5O3/c1-18-23(24(28-33-18)19-6-3-2-4-7-19)21-17-30-16-20(8-9-22(30)27-21)25(31)26-10-5-11-29-12-14-32-15-13-29/h2-4,6-9,16-17H,5,10-15H2,1H3,(H,26,31). The molecule has 33 heavy (non-hydrogen) atoms. The summed E-state index contributed by atoms with van der Waals surface area (Å²) in [5, 5.41) is 7.28. The van der Waals surface area contributed by atoms with E-state index < -0.39 is 0 Å². The van der Waals surface area contributed by atoms with Crippen LogP contribution in [0.3, 0.4) is 0 Å². The Balaban J connectivity index is 1.29. The molecule has 1 aliphatic rings. The Labute approximate surface area is 192 Å². The highest BCUT2D eigenvalue weighted by Gasteiger charge is 2.19. The van der Waals surface area contributed by atoms with Crippen LogP contribution >= 0.6 is 0 Å². The van der Waals surface area contributed by atoms with Crippen molar-refractivity contribution in [1.29, 1.82) is 0 Å². The molecule has 1 aliphatic heterocycles. The number of ether oxygens (including phenoxy) is 1. The predicted molar refractivity (Wildman–Crippen MR) is 125 cm³/mol. The van der Waals surface area contributed by atoms with E-state index in [-0.39, 0.29) is 5.91 Å². The van der Waals surface area contributed by atoms with Gasteiger partial charge < -0.3 is 19.0 Å². The zero-order valence-electron chi connectivity index (χ0n) is 18.7. The predicted octanol–water partition coefficient (Wildman–Crippen LogP) is 3.42. The van der Waals surface area contributed by atoms with Gasteiger partial charge in [0.2, 0.25) is 0 Å². The van der Waals surface area contributed by atoms with Crippen molar-refractivity contribution < 1.29 is 14.1 Å². The zero-order valence-corrected chi connectivity index (χ0v) is 18.7. The molecule has 1 saturated heterocycles. The van der Waals surface area contributed by atoms with Gasteiger partial charge in [-0.05, 0) is 32.0 Å². The summed E-state index contributed by atoms with van der Waals surface area (Å²) < 4.78 is 12.7. The molecular formula is C25H27N5O3. The fraction of sp³-hybridized carbons (Fsp3) is 0.320. The zero-order chi connectivity index (χ0) is 22.6. The highest BCUT2D eigenvalue weighted by Crippen LogP contribution is 2.33. The summed E-state index contributed by atoms with van der Waals surface area (Å²) in [6, 6.07) is 13.6. The van der Waals surface area contributed by atoms with Crippen LogP contribution in [0.25, 0.3) is 28.2 Å². The SMILES string of the molecule is Cc1onc(-c2ccccc2)c1-c1cn2cc(C(=O)NCCCN3CCOCC3)ccc2n1. The number of fused-ring (bicyclic) bond motifs is 1. The number of benzene rings is 1. The molecule has 0 radical (unpaired) electrons. The van der Waals surface area contributed by atoms with Crippen LogP contribution in [0, 0.1) is 6.92 Å². The number of hydrogen-bond acceptors (Lipinski definition) is 6. The van der Waals surface area contributed by atoms with Crippen molar-refractivity contribution in [1.82, 2.24) is 24.8 Å². The van der Waals surface area contributed by atoms with Crippen molar-refractivity contribution in [2.75, 3.05) is 39.4 Å². The highest BCUT2D eigenvalue weighted by molar-refractivity contribution is 5.94. The van der Waals surface area contributed by atoms with Gasteiger partial charge in [-0.2, -0.15) is 0 Å². The van der Waals surface area contributed by atoms with Crippen LogP contribution in [0.4, 0.5) is 0 Å². The van der Waals surface area contributed by atoms with Crippen LogP contribution in [-0.2, 0) is 4.74 Å². The Hall–Kier alpha value is -3.49. The number of hydrogen-bond donors (Lipinski definition) is 1. The van der Waals surface area contributed by atoms with Crippen molar-refractivity contribution in [2.24, 2.45) is 0 Å². The van der Waals surface area contributed by atoms with Crippen molar-refractivity contribution in [3.8, 4) is 22.5 Å². The average Bonchev–Trinajstić information content (AvgIpc) is 3.45. The molecule has 170 valence electrons. The maximum Gasteiger partial charge on any atom is 0.252 e. The summed E-state index contributed by atoms with van der Waals surface area (Å²) in [5.74, 6) is 0.621. The molecule has 4 heterocycles. The van der Waals surface area contributed by atoms with E-state index in [9.17, 15) is 4.79 Å². The van der Waals surface area contributed by atoms with Crippen molar-refractivity contribution in [2.45, 2.75) is 13.3 Å². The quantitative estimate of drug-likeness (QED) is 0.439. The Bertz CT molecular complexity index is 1240. The van der Waals surface area contributed by atoms with Gasteiger partial charge in [0.05, 0.1) is 30.0 Å². The number of carbonyl (C=O) groups is 1. The molecule has 1 amide bonds. The lowest BCUT2D eigenvalue weighted by Crippen LogP contribution is -2.38. The van der Waals surface area contributed by atoms with Gasteiger partial charge in [-0.1, -0.05) is 35.5 Å². The molecule has 1 fully saturated rings. The number of rotatable bonds is 7. The summed E-state index contributed by atoms with van der Waals surface area (Å²) in [4.78, 5) is 19.8. The fourth-order valence-corrected chi connectivity index (χ4v) is 4.14. The summed E-state index contributed by atoms with van der Waals surface area (Å²) >= 11 is 0. The van der Waals surface area contributed by atoms with Crippen LogP contribution in [0.1, 0.15) is 22.5 Å². The van der Waals surface area contributed by atoms with Gasteiger partial charge in [-0.3, -0.25) is 9.69 Å². The molecule has 1 aromatic carbocycles. The third-order valence-electron chi connectivity index (χ3n) is 5.92. The van der Waals surface area contributed by atoms with Crippen LogP contribution in [0.15, 0.2) is 59.4 Å². The molecule has 0 aliphatic carbocycles. The number of carbonyl (C=O) groups excluding carboxylic acids is 1. The van der Waals surface area contributed by atoms with E-state index in [1.54, 1.807) is 0 Å². The molecule has 0 unspecified atom stereocenters. The Morgan fingerprint density at radius 1 is 1.09 bits per heavy atom. The minimum absolute atomic E-state index is 0.0831. The molecule has 4 aromatic rings. The largest absolute Gasteiger partial charge is 0.379 e. The van der Waals surface area contributed by atoms with E-state index in [2.05, 4.69) is 15.4 Å². The first-order valence-corrected chi connectivity index (χ1v) is 11.3. The molecule has 5 rings (SSSR count). The smallest absolute Gasteiger partial charge is 0.252 e. The molecule has 8 heteroatoms. The molecule has 0 bridgehead atoms. The molecule has 0 atom stereocenters. The maximum atomic E-state index is 12.7. The van der Waals surface area contributed by atoms with Crippen LogP contribution in [0.2, 0.25) is 0 Å². The summed E-state index contributed by atoms with van der Waals surface area (Å²) in [5.41, 5.74) is 4.71. The number of aromatic nitrogens is 3. The number of amides is 1. The van der Waals surface area contributed by atoms with Gasteiger partial charge in [-0.15, -0.1) is 0 Å². The lowest BCUT2D eigenvalue weighted by molar-refractivity contribution is 0.0374. The molecule has 8 nitrogen and oxygen atoms in total. The molecule has 1 N–H and O–H groups in total. The molecule has 0 saturated carbocycles. The summed E-state index contributed by atoms with van der Waals surface area (Å²) in [7, 11) is 0. The summed E-state index contributed by atoms with van der Waals surface area (Å²) in [6.07, 6.45) is 4.64. The van der Waals surface area contributed by atoms with Gasteiger partial charge in [0, 0.05) is 37.6 Å². The lowest BCUT2D eigenvalue weighted by Gasteiger charge is -2.26.